The number of aromatic nitrogens is 1. The Balaban J connectivity index is 1.79. The summed E-state index contributed by atoms with van der Waals surface area (Å²) in [5.41, 5.74) is 0.217. The molecule has 130 valence electrons. The number of carbonyl (C=O) groups excluding carboxylic acids is 1. The van der Waals surface area contributed by atoms with Gasteiger partial charge in [0.1, 0.15) is 10.2 Å². The van der Waals surface area contributed by atoms with Gasteiger partial charge in [-0.3, -0.25) is 9.69 Å². The molecule has 25 heavy (non-hydrogen) atoms. The molecule has 3 rings (SSSR count). The van der Waals surface area contributed by atoms with Crippen LogP contribution in [-0.2, 0) is 11.3 Å². The van der Waals surface area contributed by atoms with Gasteiger partial charge in [-0.05, 0) is 43.3 Å². The molecule has 1 aromatic heterocycles. The number of anilines is 1. The highest BCUT2D eigenvalue weighted by Gasteiger charge is 2.68. The van der Waals surface area contributed by atoms with Crippen molar-refractivity contribution in [1.29, 1.82) is 0 Å². The highest BCUT2D eigenvalue weighted by Crippen LogP contribution is 2.63. The fourth-order valence-electron chi connectivity index (χ4n) is 2.49. The van der Waals surface area contributed by atoms with E-state index in [1.54, 1.807) is 18.0 Å². The van der Waals surface area contributed by atoms with Crippen LogP contribution in [0.5, 0.6) is 0 Å². The molecular formula is C18H17Cl2N3OS. The van der Waals surface area contributed by atoms with Gasteiger partial charge in [-0.15, -0.1) is 23.2 Å². The van der Waals surface area contributed by atoms with Gasteiger partial charge < -0.3 is 5.32 Å². The molecule has 1 aliphatic carbocycles. The molecule has 1 aliphatic rings. The molecular weight excluding hydrogens is 377 g/mol. The summed E-state index contributed by atoms with van der Waals surface area (Å²) in [6.45, 7) is 2.22. The quantitative estimate of drug-likeness (QED) is 0.627. The minimum absolute atomic E-state index is 0.268. The van der Waals surface area contributed by atoms with Crippen molar-refractivity contribution in [2.45, 2.75) is 24.2 Å². The van der Waals surface area contributed by atoms with Crippen molar-refractivity contribution in [3.8, 4) is 0 Å². The Hall–Kier alpha value is -1.69. The summed E-state index contributed by atoms with van der Waals surface area (Å²) in [4.78, 5) is 18.6. The number of pyridine rings is 1. The lowest BCUT2D eigenvalue weighted by atomic mass is 10.1. The number of nitrogens with zero attached hydrogens (tertiary/aromatic N) is 2. The average Bonchev–Trinajstić information content (AvgIpc) is 3.13. The molecule has 1 unspecified atom stereocenters. The first-order chi connectivity index (χ1) is 11.8. The van der Waals surface area contributed by atoms with Crippen LogP contribution in [-0.4, -0.2) is 20.3 Å². The van der Waals surface area contributed by atoms with Gasteiger partial charge in [-0.2, -0.15) is 0 Å². The van der Waals surface area contributed by atoms with Crippen LogP contribution in [0.3, 0.4) is 0 Å². The monoisotopic (exact) mass is 393 g/mol. The molecule has 1 atom stereocenters. The molecule has 7 heteroatoms. The van der Waals surface area contributed by atoms with E-state index in [1.165, 1.54) is 0 Å². The summed E-state index contributed by atoms with van der Waals surface area (Å²) in [6.07, 6.45) is 2.09. The molecule has 1 N–H and O–H groups in total. The van der Waals surface area contributed by atoms with Gasteiger partial charge in [0.25, 0.3) is 0 Å². The molecule has 0 saturated heterocycles. The smallest absolute Gasteiger partial charge is 0.235 e. The second-order valence-corrected chi connectivity index (χ2v) is 8.10. The van der Waals surface area contributed by atoms with Crippen LogP contribution >= 0.6 is 35.4 Å². The van der Waals surface area contributed by atoms with Crippen LogP contribution < -0.4 is 10.2 Å². The number of nitrogens with one attached hydrogen (secondary N) is 1. The minimum Gasteiger partial charge on any atom is -0.302 e. The first kappa shape index (κ1) is 18.1. The van der Waals surface area contributed by atoms with E-state index in [4.69, 9.17) is 35.4 Å². The second kappa shape index (κ2) is 6.90. The van der Waals surface area contributed by atoms with Crippen molar-refractivity contribution < 1.29 is 4.79 Å². The van der Waals surface area contributed by atoms with Crippen molar-refractivity contribution in [2.24, 2.45) is 5.41 Å². The molecule has 1 aromatic carbocycles. The van der Waals surface area contributed by atoms with E-state index in [2.05, 4.69) is 10.3 Å². The maximum atomic E-state index is 12.5. The number of thiocarbonyl (C=S) groups is 1. The average molecular weight is 394 g/mol. The van der Waals surface area contributed by atoms with Gasteiger partial charge in [-0.1, -0.05) is 36.4 Å². The van der Waals surface area contributed by atoms with Gasteiger partial charge in [-0.25, -0.2) is 4.98 Å². The number of amides is 1. The van der Waals surface area contributed by atoms with E-state index in [-0.39, 0.29) is 11.0 Å². The highest BCUT2D eigenvalue weighted by molar-refractivity contribution is 7.80. The van der Waals surface area contributed by atoms with Gasteiger partial charge in [0, 0.05) is 6.20 Å². The number of hydrogen-bond donors (Lipinski definition) is 1. The third-order valence-corrected chi connectivity index (χ3v) is 5.76. The van der Waals surface area contributed by atoms with Crippen molar-refractivity contribution in [2.75, 3.05) is 4.90 Å². The summed E-state index contributed by atoms with van der Waals surface area (Å²) in [5.74, 6) is 0.372. The SMILES string of the molecule is CC1(C(=O)NC(=S)N(Cc2ccccc2)c2ccccn2)CC1(Cl)Cl. The maximum absolute atomic E-state index is 12.5. The summed E-state index contributed by atoms with van der Waals surface area (Å²) < 4.78 is -1.04. The summed E-state index contributed by atoms with van der Waals surface area (Å²) in [5, 5.41) is 3.03. The molecule has 0 radical (unpaired) electrons. The van der Waals surface area contributed by atoms with Crippen molar-refractivity contribution in [3.63, 3.8) is 0 Å². The highest BCUT2D eigenvalue weighted by atomic mass is 35.5. The van der Waals surface area contributed by atoms with Gasteiger partial charge in [0.15, 0.2) is 5.11 Å². The third-order valence-electron chi connectivity index (χ3n) is 4.33. The van der Waals surface area contributed by atoms with E-state index in [1.807, 2.05) is 48.5 Å². The summed E-state index contributed by atoms with van der Waals surface area (Å²) in [6, 6.07) is 15.4. The Labute approximate surface area is 162 Å². The van der Waals surface area contributed by atoms with Crippen molar-refractivity contribution in [3.05, 3.63) is 60.3 Å². The Kier molecular flexibility index (Phi) is 5.00. The van der Waals surface area contributed by atoms with Crippen LogP contribution in [0, 0.1) is 5.41 Å². The zero-order valence-electron chi connectivity index (χ0n) is 13.6. The maximum Gasteiger partial charge on any atom is 0.235 e. The second-order valence-electron chi connectivity index (χ2n) is 6.23. The van der Waals surface area contributed by atoms with Crippen LogP contribution in [0.15, 0.2) is 54.7 Å². The third kappa shape index (κ3) is 3.78. The number of hydrogen-bond acceptors (Lipinski definition) is 3. The Morgan fingerprint density at radius 3 is 2.44 bits per heavy atom. The molecule has 1 saturated carbocycles. The van der Waals surface area contributed by atoms with Crippen molar-refractivity contribution in [1.82, 2.24) is 10.3 Å². The zero-order chi connectivity index (χ0) is 18.1. The number of benzene rings is 1. The predicted octanol–water partition coefficient (Wildman–Crippen LogP) is 4.07. The van der Waals surface area contributed by atoms with E-state index >= 15 is 0 Å². The lowest BCUT2D eigenvalue weighted by Gasteiger charge is -2.25. The van der Waals surface area contributed by atoms with Crippen LogP contribution in [0.25, 0.3) is 0 Å². The molecule has 0 bridgehead atoms. The fraction of sp³-hybridized carbons (Fsp3) is 0.278. The molecule has 2 aromatic rings. The molecule has 1 amide bonds. The Bertz CT molecular complexity index is 785. The number of carbonyl (C=O) groups is 1. The summed E-state index contributed by atoms with van der Waals surface area (Å²) >= 11 is 17.6. The first-order valence-electron chi connectivity index (χ1n) is 7.79. The Morgan fingerprint density at radius 1 is 1.24 bits per heavy atom. The van der Waals surface area contributed by atoms with E-state index < -0.39 is 9.75 Å². The van der Waals surface area contributed by atoms with E-state index in [9.17, 15) is 4.79 Å². The first-order valence-corrected chi connectivity index (χ1v) is 8.96. The standard InChI is InChI=1S/C18H17Cl2N3OS/c1-17(12-18(17,19)20)15(24)22-16(25)23(14-9-5-6-10-21-14)11-13-7-3-2-4-8-13/h2-10H,11-12H2,1H3,(H,22,24,25). The van der Waals surface area contributed by atoms with E-state index in [0.29, 0.717) is 18.8 Å². The Morgan fingerprint density at radius 2 is 1.88 bits per heavy atom. The predicted molar refractivity (Wildman–Crippen MR) is 105 cm³/mol. The molecule has 1 heterocycles. The van der Waals surface area contributed by atoms with E-state index in [0.717, 1.165) is 5.56 Å². The minimum atomic E-state index is -1.04. The van der Waals surface area contributed by atoms with Crippen molar-refractivity contribution >= 4 is 52.3 Å². The van der Waals surface area contributed by atoms with Crippen LogP contribution in [0.4, 0.5) is 5.82 Å². The summed E-state index contributed by atoms with van der Waals surface area (Å²) in [7, 11) is 0. The van der Waals surface area contributed by atoms with Gasteiger partial charge in [0.05, 0.1) is 12.0 Å². The van der Waals surface area contributed by atoms with Crippen LogP contribution in [0.1, 0.15) is 18.9 Å². The normalized spacial score (nSPS) is 20.6. The molecule has 0 aliphatic heterocycles. The van der Waals surface area contributed by atoms with Crippen LogP contribution in [0.2, 0.25) is 0 Å². The largest absolute Gasteiger partial charge is 0.302 e. The number of alkyl halides is 2. The topological polar surface area (TPSA) is 45.2 Å². The number of halogens is 2. The lowest BCUT2D eigenvalue weighted by Crippen LogP contribution is -2.46. The van der Waals surface area contributed by atoms with Gasteiger partial charge in [0.2, 0.25) is 5.91 Å². The lowest BCUT2D eigenvalue weighted by molar-refractivity contribution is -0.124. The molecule has 1 fully saturated rings. The molecule has 4 nitrogen and oxygen atoms in total. The van der Waals surface area contributed by atoms with Gasteiger partial charge >= 0.3 is 0 Å². The fourth-order valence-corrected chi connectivity index (χ4v) is 3.44. The zero-order valence-corrected chi connectivity index (χ0v) is 15.9. The molecule has 0 spiro atoms. The number of rotatable bonds is 4.